The molecule has 0 radical (unpaired) electrons. The molecule has 1 aliphatic carbocycles. The van der Waals surface area contributed by atoms with Crippen LogP contribution in [0.1, 0.15) is 25.0 Å². The van der Waals surface area contributed by atoms with Gasteiger partial charge >= 0.3 is 0 Å². The zero-order valence-electron chi connectivity index (χ0n) is 20.3. The monoisotopic (exact) mass is 460 g/mol. The van der Waals surface area contributed by atoms with E-state index in [0.29, 0.717) is 0 Å². The second kappa shape index (κ2) is 6.83. The molecule has 0 N–H and O–H groups in total. The molecule has 0 fully saturated rings. The van der Waals surface area contributed by atoms with E-state index >= 15 is 0 Å². The summed E-state index contributed by atoms with van der Waals surface area (Å²) in [4.78, 5) is 5.28. The molecule has 1 aliphatic heterocycles. The third-order valence-corrected chi connectivity index (χ3v) is 8.14. The minimum atomic E-state index is -0.0519. The number of aromatic nitrogens is 2. The first-order chi connectivity index (χ1) is 17.6. The van der Waals surface area contributed by atoms with Gasteiger partial charge in [-0.15, -0.1) is 0 Å². The van der Waals surface area contributed by atoms with Crippen molar-refractivity contribution in [1.29, 1.82) is 0 Å². The van der Waals surface area contributed by atoms with Crippen LogP contribution in [-0.2, 0) is 5.41 Å². The van der Waals surface area contributed by atoms with Crippen LogP contribution in [0.3, 0.4) is 0 Å². The third kappa shape index (κ3) is 2.43. The molecule has 8 rings (SSSR count). The lowest BCUT2D eigenvalue weighted by atomic mass is 9.81. The van der Waals surface area contributed by atoms with Crippen LogP contribution in [0.5, 0.6) is 0 Å². The molecule has 1 aromatic heterocycles. The van der Waals surface area contributed by atoms with Crippen LogP contribution in [0.25, 0.3) is 61.5 Å². The SMILES string of the molecule is CC1(C)c2cccc3c2-c2c1ccc1nc(-c4cccc(-c5ccccc5)c4)n(c21)-c1ccccc1-3. The van der Waals surface area contributed by atoms with Gasteiger partial charge in [0.2, 0.25) is 0 Å². The Morgan fingerprint density at radius 1 is 0.583 bits per heavy atom. The molecule has 0 saturated heterocycles. The molecule has 0 unspecified atom stereocenters. The Balaban J connectivity index is 1.52. The topological polar surface area (TPSA) is 17.8 Å². The molecule has 0 spiro atoms. The van der Waals surface area contributed by atoms with Crippen molar-refractivity contribution < 1.29 is 0 Å². The summed E-state index contributed by atoms with van der Waals surface area (Å²) in [5.74, 6) is 0.989. The van der Waals surface area contributed by atoms with Crippen molar-refractivity contribution in [2.75, 3.05) is 0 Å². The van der Waals surface area contributed by atoms with Gasteiger partial charge < -0.3 is 0 Å². The summed E-state index contributed by atoms with van der Waals surface area (Å²) in [6.45, 7) is 4.71. The molecule has 0 saturated carbocycles. The smallest absolute Gasteiger partial charge is 0.145 e. The maximum atomic E-state index is 5.28. The molecule has 2 nitrogen and oxygen atoms in total. The fourth-order valence-corrected chi connectivity index (χ4v) is 6.45. The summed E-state index contributed by atoms with van der Waals surface area (Å²) in [6, 6.07) is 39.5. The molecule has 5 aromatic carbocycles. The lowest BCUT2D eigenvalue weighted by molar-refractivity contribution is 0.661. The number of hydrogen-bond acceptors (Lipinski definition) is 1. The summed E-state index contributed by atoms with van der Waals surface area (Å²) in [5.41, 5.74) is 15.0. The van der Waals surface area contributed by atoms with E-state index in [1.165, 1.54) is 55.7 Å². The van der Waals surface area contributed by atoms with Crippen molar-refractivity contribution in [3.05, 3.63) is 120 Å². The van der Waals surface area contributed by atoms with E-state index < -0.39 is 0 Å². The van der Waals surface area contributed by atoms with Crippen molar-refractivity contribution in [2.45, 2.75) is 19.3 Å². The number of para-hydroxylation sites is 1. The normalized spacial score (nSPS) is 14.1. The van der Waals surface area contributed by atoms with Gasteiger partial charge in [-0.05, 0) is 51.6 Å². The second-order valence-electron chi connectivity index (χ2n) is 10.4. The summed E-state index contributed by atoms with van der Waals surface area (Å²) >= 11 is 0. The summed E-state index contributed by atoms with van der Waals surface area (Å²) in [6.07, 6.45) is 0. The van der Waals surface area contributed by atoms with Gasteiger partial charge in [-0.25, -0.2) is 4.98 Å². The standard InChI is InChI=1S/C34H24N2/c1-34(2)26-16-9-15-25-24-14-6-7-17-29(24)36-32-28(19-18-27(34)31(32)30(25)26)35-33(36)23-13-8-12-22(20-23)21-10-4-3-5-11-21/h3-20H,1-2H3. The number of fused-ring (bicyclic) bond motifs is 3. The highest BCUT2D eigenvalue weighted by Gasteiger charge is 2.41. The van der Waals surface area contributed by atoms with Crippen LogP contribution in [0.4, 0.5) is 0 Å². The van der Waals surface area contributed by atoms with E-state index in [-0.39, 0.29) is 5.41 Å². The molecular weight excluding hydrogens is 436 g/mol. The predicted octanol–water partition coefficient (Wildman–Crippen LogP) is 8.65. The van der Waals surface area contributed by atoms with E-state index in [4.69, 9.17) is 4.98 Å². The molecule has 2 heteroatoms. The van der Waals surface area contributed by atoms with Crippen molar-refractivity contribution in [3.63, 3.8) is 0 Å². The molecule has 0 bridgehead atoms. The largest absolute Gasteiger partial charge is 0.291 e. The highest BCUT2D eigenvalue weighted by Crippen LogP contribution is 2.57. The van der Waals surface area contributed by atoms with E-state index in [0.717, 1.165) is 16.9 Å². The first-order valence-corrected chi connectivity index (χ1v) is 12.6. The van der Waals surface area contributed by atoms with Gasteiger partial charge in [-0.3, -0.25) is 4.57 Å². The molecular formula is C34H24N2. The zero-order chi connectivity index (χ0) is 24.0. The van der Waals surface area contributed by atoms with E-state index in [1.807, 2.05) is 0 Å². The van der Waals surface area contributed by atoms with Crippen LogP contribution in [0.15, 0.2) is 109 Å². The van der Waals surface area contributed by atoms with Crippen LogP contribution in [0.2, 0.25) is 0 Å². The van der Waals surface area contributed by atoms with Gasteiger partial charge in [0, 0.05) is 22.1 Å². The maximum absolute atomic E-state index is 5.28. The van der Waals surface area contributed by atoms with Crippen LogP contribution < -0.4 is 0 Å². The Labute approximate surface area is 210 Å². The van der Waals surface area contributed by atoms with Crippen LogP contribution in [0, 0.1) is 0 Å². The number of imidazole rings is 1. The van der Waals surface area contributed by atoms with Gasteiger partial charge in [0.05, 0.1) is 16.7 Å². The Morgan fingerprint density at radius 2 is 1.28 bits per heavy atom. The number of hydrogen-bond donors (Lipinski definition) is 0. The first-order valence-electron chi connectivity index (χ1n) is 12.6. The Bertz CT molecular complexity index is 1850. The first kappa shape index (κ1) is 19.8. The molecule has 0 atom stereocenters. The lowest BCUT2D eigenvalue weighted by Gasteiger charge is -2.22. The minimum Gasteiger partial charge on any atom is -0.291 e. The summed E-state index contributed by atoms with van der Waals surface area (Å²) in [5, 5.41) is 0. The highest BCUT2D eigenvalue weighted by atomic mass is 15.1. The fraction of sp³-hybridized carbons (Fsp3) is 0.0882. The van der Waals surface area contributed by atoms with Gasteiger partial charge in [0.1, 0.15) is 5.82 Å². The Morgan fingerprint density at radius 3 is 2.17 bits per heavy atom. The van der Waals surface area contributed by atoms with E-state index in [1.54, 1.807) is 0 Å². The molecule has 6 aromatic rings. The average molecular weight is 461 g/mol. The van der Waals surface area contributed by atoms with Crippen molar-refractivity contribution in [1.82, 2.24) is 9.55 Å². The number of benzene rings is 5. The van der Waals surface area contributed by atoms with Crippen molar-refractivity contribution >= 4 is 11.0 Å². The quantitative estimate of drug-likeness (QED) is 0.252. The summed E-state index contributed by atoms with van der Waals surface area (Å²) < 4.78 is 2.42. The van der Waals surface area contributed by atoms with Crippen molar-refractivity contribution in [2.24, 2.45) is 0 Å². The maximum Gasteiger partial charge on any atom is 0.145 e. The highest BCUT2D eigenvalue weighted by molar-refractivity contribution is 6.08. The summed E-state index contributed by atoms with van der Waals surface area (Å²) in [7, 11) is 0. The Kier molecular flexibility index (Phi) is 3.76. The Hall–Kier alpha value is -4.43. The second-order valence-corrected chi connectivity index (χ2v) is 10.4. The lowest BCUT2D eigenvalue weighted by Crippen LogP contribution is -2.15. The van der Waals surface area contributed by atoms with Gasteiger partial charge in [-0.2, -0.15) is 0 Å². The predicted molar refractivity (Wildman–Crippen MR) is 148 cm³/mol. The number of nitrogens with zero attached hydrogens (tertiary/aromatic N) is 2. The average Bonchev–Trinajstić information content (AvgIpc) is 3.38. The minimum absolute atomic E-state index is 0.0519. The zero-order valence-corrected chi connectivity index (χ0v) is 20.3. The molecule has 2 aliphatic rings. The molecule has 36 heavy (non-hydrogen) atoms. The van der Waals surface area contributed by atoms with Crippen LogP contribution >= 0.6 is 0 Å². The molecule has 2 heterocycles. The number of rotatable bonds is 2. The van der Waals surface area contributed by atoms with Crippen LogP contribution in [-0.4, -0.2) is 9.55 Å². The molecule has 0 amide bonds. The van der Waals surface area contributed by atoms with Crippen molar-refractivity contribution in [3.8, 4) is 50.5 Å². The fourth-order valence-electron chi connectivity index (χ4n) is 6.45. The van der Waals surface area contributed by atoms with Gasteiger partial charge in [0.15, 0.2) is 0 Å². The third-order valence-electron chi connectivity index (χ3n) is 8.14. The van der Waals surface area contributed by atoms with E-state index in [2.05, 4.69) is 128 Å². The molecule has 170 valence electrons. The van der Waals surface area contributed by atoms with Gasteiger partial charge in [0.25, 0.3) is 0 Å². The van der Waals surface area contributed by atoms with E-state index in [9.17, 15) is 0 Å². The van der Waals surface area contributed by atoms with Gasteiger partial charge in [-0.1, -0.05) is 105 Å².